The van der Waals surface area contributed by atoms with E-state index in [0.717, 1.165) is 51.1 Å². The largest absolute Gasteiger partial charge is 0.393 e. The molecule has 0 unspecified atom stereocenters. The molecule has 1 aromatic heterocycles. The Morgan fingerprint density at radius 3 is 2.77 bits per heavy atom. The molecule has 0 aromatic carbocycles. The van der Waals surface area contributed by atoms with Crippen LogP contribution in [0.3, 0.4) is 0 Å². The molecule has 5 nitrogen and oxygen atoms in total. The Hall–Kier alpha value is -1.64. The number of aromatic nitrogens is 1. The third-order valence-electron chi connectivity index (χ3n) is 4.13. The van der Waals surface area contributed by atoms with Gasteiger partial charge in [0.15, 0.2) is 0 Å². The Balaban J connectivity index is 1.81. The smallest absolute Gasteiger partial charge is 0.144 e. The first-order chi connectivity index (χ1) is 10.6. The summed E-state index contributed by atoms with van der Waals surface area (Å²) in [6.07, 6.45) is 2.65. The van der Waals surface area contributed by atoms with Crippen molar-refractivity contribution in [2.45, 2.75) is 45.1 Å². The maximum atomic E-state index is 9.50. The zero-order valence-electron chi connectivity index (χ0n) is 13.5. The van der Waals surface area contributed by atoms with Gasteiger partial charge < -0.3 is 15.3 Å². The van der Waals surface area contributed by atoms with Crippen molar-refractivity contribution in [3.63, 3.8) is 0 Å². The van der Waals surface area contributed by atoms with E-state index in [9.17, 15) is 10.4 Å². The van der Waals surface area contributed by atoms with Crippen LogP contribution in [0.2, 0.25) is 0 Å². The van der Waals surface area contributed by atoms with Crippen LogP contribution in [0.1, 0.15) is 50.3 Å². The van der Waals surface area contributed by atoms with E-state index in [1.165, 1.54) is 0 Å². The number of anilines is 1. The quantitative estimate of drug-likeness (QED) is 0.789. The number of pyridine rings is 1. The second kappa shape index (κ2) is 8.11. The third kappa shape index (κ3) is 4.69. The fourth-order valence-electron chi connectivity index (χ4n) is 2.67. The number of nitrogens with zero attached hydrogens (tertiary/aromatic N) is 3. The minimum absolute atomic E-state index is 0.115. The summed E-state index contributed by atoms with van der Waals surface area (Å²) in [6.45, 7) is 7.98. The highest BCUT2D eigenvalue weighted by Gasteiger charge is 2.16. The number of nitriles is 1. The summed E-state index contributed by atoms with van der Waals surface area (Å²) in [5.74, 6) is 1.05. The van der Waals surface area contributed by atoms with Crippen molar-refractivity contribution in [3.8, 4) is 6.07 Å². The molecule has 2 heterocycles. The average molecular weight is 302 g/mol. The highest BCUT2D eigenvalue weighted by atomic mass is 16.3. The molecule has 2 rings (SSSR count). The Kier molecular flexibility index (Phi) is 6.17. The fourth-order valence-corrected chi connectivity index (χ4v) is 2.67. The van der Waals surface area contributed by atoms with Crippen molar-refractivity contribution < 1.29 is 5.11 Å². The molecule has 22 heavy (non-hydrogen) atoms. The van der Waals surface area contributed by atoms with Gasteiger partial charge in [-0.25, -0.2) is 4.98 Å². The van der Waals surface area contributed by atoms with Crippen molar-refractivity contribution in [3.05, 3.63) is 23.4 Å². The number of nitrogens with one attached hydrogen (secondary N) is 1. The van der Waals surface area contributed by atoms with E-state index in [2.05, 4.69) is 35.1 Å². The molecule has 0 saturated carbocycles. The maximum absolute atomic E-state index is 9.50. The summed E-state index contributed by atoms with van der Waals surface area (Å²) >= 11 is 0. The summed E-state index contributed by atoms with van der Waals surface area (Å²) in [6, 6.07) is 5.96. The monoisotopic (exact) mass is 302 g/mol. The molecule has 1 fully saturated rings. The van der Waals surface area contributed by atoms with Gasteiger partial charge in [0, 0.05) is 25.3 Å². The van der Waals surface area contributed by atoms with E-state index in [0.29, 0.717) is 17.3 Å². The molecule has 0 radical (unpaired) electrons. The summed E-state index contributed by atoms with van der Waals surface area (Å²) in [5, 5.41) is 22.0. The number of rotatable bonds is 6. The first-order valence-electron chi connectivity index (χ1n) is 8.15. The standard InChI is InChI=1S/C17H26N4O/c1-13(2)16-5-4-14(12-18)17(20-16)19-8-3-9-21-10-6-15(22)7-11-21/h4-5,13,15,22H,3,6-11H2,1-2H3,(H,19,20). The van der Waals surface area contributed by atoms with Crippen LogP contribution in [-0.4, -0.2) is 47.3 Å². The Morgan fingerprint density at radius 1 is 1.41 bits per heavy atom. The Bertz CT molecular complexity index is 516. The van der Waals surface area contributed by atoms with E-state index in [1.807, 2.05) is 12.1 Å². The van der Waals surface area contributed by atoms with Gasteiger partial charge >= 0.3 is 0 Å². The lowest BCUT2D eigenvalue weighted by Crippen LogP contribution is -2.36. The van der Waals surface area contributed by atoms with E-state index in [4.69, 9.17) is 0 Å². The normalized spacial score (nSPS) is 16.7. The second-order valence-corrected chi connectivity index (χ2v) is 6.25. The highest BCUT2D eigenvalue weighted by Crippen LogP contribution is 2.18. The predicted octanol–water partition coefficient (Wildman–Crippen LogP) is 2.34. The zero-order valence-corrected chi connectivity index (χ0v) is 13.5. The molecule has 0 amide bonds. The van der Waals surface area contributed by atoms with Crippen LogP contribution in [0.25, 0.3) is 0 Å². The van der Waals surface area contributed by atoms with Crippen LogP contribution in [0.4, 0.5) is 5.82 Å². The van der Waals surface area contributed by atoms with Crippen molar-refractivity contribution >= 4 is 5.82 Å². The van der Waals surface area contributed by atoms with Crippen molar-refractivity contribution in [1.82, 2.24) is 9.88 Å². The molecule has 0 aliphatic carbocycles. The summed E-state index contributed by atoms with van der Waals surface area (Å²) in [5.41, 5.74) is 1.61. The number of likely N-dealkylation sites (tertiary alicyclic amines) is 1. The molecule has 0 bridgehead atoms. The van der Waals surface area contributed by atoms with E-state index >= 15 is 0 Å². The Morgan fingerprint density at radius 2 is 2.14 bits per heavy atom. The average Bonchev–Trinajstić information content (AvgIpc) is 2.53. The van der Waals surface area contributed by atoms with Crippen molar-refractivity contribution in [2.24, 2.45) is 0 Å². The summed E-state index contributed by atoms with van der Waals surface area (Å²) in [4.78, 5) is 6.94. The third-order valence-corrected chi connectivity index (χ3v) is 4.13. The zero-order chi connectivity index (χ0) is 15.9. The summed E-state index contributed by atoms with van der Waals surface area (Å²) < 4.78 is 0. The maximum Gasteiger partial charge on any atom is 0.144 e. The topological polar surface area (TPSA) is 72.2 Å². The molecule has 5 heteroatoms. The molecule has 120 valence electrons. The first-order valence-corrected chi connectivity index (χ1v) is 8.15. The van der Waals surface area contributed by atoms with Gasteiger partial charge in [0.05, 0.1) is 11.7 Å². The number of hydrogen-bond acceptors (Lipinski definition) is 5. The second-order valence-electron chi connectivity index (χ2n) is 6.25. The van der Waals surface area contributed by atoms with Crippen LogP contribution >= 0.6 is 0 Å². The minimum Gasteiger partial charge on any atom is -0.393 e. The van der Waals surface area contributed by atoms with Gasteiger partial charge in [-0.3, -0.25) is 0 Å². The fraction of sp³-hybridized carbons (Fsp3) is 0.647. The van der Waals surface area contributed by atoms with Gasteiger partial charge in [-0.2, -0.15) is 5.26 Å². The molecule has 0 spiro atoms. The molecule has 1 aliphatic rings. The number of aliphatic hydroxyl groups is 1. The molecular formula is C17H26N4O. The van der Waals surface area contributed by atoms with Gasteiger partial charge in [0.25, 0.3) is 0 Å². The number of hydrogen-bond donors (Lipinski definition) is 2. The molecule has 2 N–H and O–H groups in total. The SMILES string of the molecule is CC(C)c1ccc(C#N)c(NCCCN2CCC(O)CC2)n1. The molecule has 1 aromatic rings. The van der Waals surface area contributed by atoms with Crippen LogP contribution in [0.5, 0.6) is 0 Å². The lowest BCUT2D eigenvalue weighted by Gasteiger charge is -2.29. The summed E-state index contributed by atoms with van der Waals surface area (Å²) in [7, 11) is 0. The number of piperidine rings is 1. The lowest BCUT2D eigenvalue weighted by atomic mass is 10.1. The van der Waals surface area contributed by atoms with Gasteiger partial charge in [-0.15, -0.1) is 0 Å². The van der Waals surface area contributed by atoms with Gasteiger partial charge in [-0.1, -0.05) is 13.8 Å². The van der Waals surface area contributed by atoms with Crippen LogP contribution in [0, 0.1) is 11.3 Å². The number of aliphatic hydroxyl groups excluding tert-OH is 1. The lowest BCUT2D eigenvalue weighted by molar-refractivity contribution is 0.0825. The molecule has 0 atom stereocenters. The van der Waals surface area contributed by atoms with E-state index < -0.39 is 0 Å². The molecule has 1 aliphatic heterocycles. The van der Waals surface area contributed by atoms with Crippen molar-refractivity contribution in [2.75, 3.05) is 31.5 Å². The Labute approximate surface area is 133 Å². The highest BCUT2D eigenvalue weighted by molar-refractivity contribution is 5.52. The van der Waals surface area contributed by atoms with E-state index in [-0.39, 0.29) is 6.10 Å². The van der Waals surface area contributed by atoms with Gasteiger partial charge in [-0.05, 0) is 43.9 Å². The first kappa shape index (κ1) is 16.7. The van der Waals surface area contributed by atoms with Crippen LogP contribution < -0.4 is 5.32 Å². The van der Waals surface area contributed by atoms with E-state index in [1.54, 1.807) is 0 Å². The minimum atomic E-state index is -0.115. The van der Waals surface area contributed by atoms with Gasteiger partial charge in [0.1, 0.15) is 11.9 Å². The van der Waals surface area contributed by atoms with Crippen LogP contribution in [0.15, 0.2) is 12.1 Å². The predicted molar refractivity (Wildman–Crippen MR) is 87.8 cm³/mol. The molecular weight excluding hydrogens is 276 g/mol. The van der Waals surface area contributed by atoms with Crippen LogP contribution in [-0.2, 0) is 0 Å². The van der Waals surface area contributed by atoms with Crippen molar-refractivity contribution in [1.29, 1.82) is 5.26 Å². The molecule has 1 saturated heterocycles. The van der Waals surface area contributed by atoms with Gasteiger partial charge in [0.2, 0.25) is 0 Å².